The number of hydrogen-bond acceptors (Lipinski definition) is 7. The molecule has 2 heterocycles. The Hall–Kier alpha value is -3.00. The lowest BCUT2D eigenvalue weighted by Crippen LogP contribution is -2.55. The van der Waals surface area contributed by atoms with Crippen LogP contribution >= 0.6 is 0 Å². The van der Waals surface area contributed by atoms with Gasteiger partial charge in [-0.05, 0) is 47.8 Å². The third kappa shape index (κ3) is 6.01. The number of benzene rings is 1. The summed E-state index contributed by atoms with van der Waals surface area (Å²) in [7, 11) is 1.59. The number of carbonyl (C=O) groups excluding carboxylic acids is 2. The Kier molecular flexibility index (Phi) is 9.18. The first-order valence-electron chi connectivity index (χ1n) is 13.4. The van der Waals surface area contributed by atoms with Crippen molar-refractivity contribution in [3.8, 4) is 5.75 Å². The average molecular weight is 526 g/mol. The quantitative estimate of drug-likeness (QED) is 0.462. The van der Waals surface area contributed by atoms with E-state index in [0.717, 1.165) is 5.56 Å². The monoisotopic (exact) mass is 525 g/mol. The number of amides is 1. The molecule has 8 heteroatoms. The van der Waals surface area contributed by atoms with E-state index in [1.54, 1.807) is 42.7 Å². The summed E-state index contributed by atoms with van der Waals surface area (Å²) < 4.78 is 11.5. The van der Waals surface area contributed by atoms with Crippen molar-refractivity contribution in [3.05, 3.63) is 53.6 Å². The smallest absolute Gasteiger partial charge is 0.332 e. The van der Waals surface area contributed by atoms with Crippen LogP contribution in [0.25, 0.3) is 0 Å². The van der Waals surface area contributed by atoms with Crippen LogP contribution in [0.4, 0.5) is 0 Å². The van der Waals surface area contributed by atoms with Gasteiger partial charge in [-0.3, -0.25) is 14.8 Å². The summed E-state index contributed by atoms with van der Waals surface area (Å²) in [5, 5.41) is 10.5. The fourth-order valence-electron chi connectivity index (χ4n) is 5.52. The highest BCUT2D eigenvalue weighted by Crippen LogP contribution is 2.50. The summed E-state index contributed by atoms with van der Waals surface area (Å²) in [6.07, 6.45) is 5.38. The molecule has 3 rings (SSSR count). The van der Waals surface area contributed by atoms with Gasteiger partial charge in [-0.1, -0.05) is 54.5 Å². The number of esters is 1. The van der Waals surface area contributed by atoms with Gasteiger partial charge in [0.15, 0.2) is 0 Å². The molecule has 1 aromatic heterocycles. The molecule has 1 fully saturated rings. The molecule has 3 unspecified atom stereocenters. The molecule has 208 valence electrons. The van der Waals surface area contributed by atoms with Gasteiger partial charge in [-0.2, -0.15) is 0 Å². The Morgan fingerprint density at radius 1 is 1.16 bits per heavy atom. The molecule has 0 spiro atoms. The first-order valence-corrected chi connectivity index (χ1v) is 13.4. The van der Waals surface area contributed by atoms with E-state index >= 15 is 0 Å². The highest BCUT2D eigenvalue weighted by molar-refractivity contribution is 5.99. The van der Waals surface area contributed by atoms with Crippen molar-refractivity contribution < 1.29 is 24.2 Å². The zero-order valence-electron chi connectivity index (χ0n) is 24.0. The molecule has 0 bridgehead atoms. The summed E-state index contributed by atoms with van der Waals surface area (Å²) in [6, 6.07) is 4.78. The van der Waals surface area contributed by atoms with Crippen LogP contribution in [-0.2, 0) is 14.9 Å². The second kappa shape index (κ2) is 11.8. The third-order valence-corrected chi connectivity index (χ3v) is 7.06. The van der Waals surface area contributed by atoms with E-state index in [-0.39, 0.29) is 42.8 Å². The highest BCUT2D eigenvalue weighted by Gasteiger charge is 2.60. The summed E-state index contributed by atoms with van der Waals surface area (Å²) in [5.74, 6) is -0.381. The Labute approximate surface area is 226 Å². The number of carbonyl (C=O) groups is 2. The van der Waals surface area contributed by atoms with Crippen molar-refractivity contribution in [2.75, 3.05) is 20.3 Å². The molecule has 0 aliphatic carbocycles. The van der Waals surface area contributed by atoms with Gasteiger partial charge in [0.25, 0.3) is 5.91 Å². The Bertz CT molecular complexity index is 1110. The molecule has 3 atom stereocenters. The number of likely N-dealkylation sites (tertiary alicyclic amines) is 1. The van der Waals surface area contributed by atoms with Gasteiger partial charge in [-0.25, -0.2) is 4.79 Å². The first kappa shape index (κ1) is 29.6. The molecular weight excluding hydrogens is 482 g/mol. The predicted octanol–water partition coefficient (Wildman–Crippen LogP) is 4.96. The van der Waals surface area contributed by atoms with E-state index in [2.05, 4.69) is 30.7 Å². The van der Waals surface area contributed by atoms with Crippen molar-refractivity contribution >= 4 is 11.9 Å². The highest BCUT2D eigenvalue weighted by atomic mass is 16.5. The molecule has 0 radical (unpaired) electrons. The Balaban J connectivity index is 2.23. The van der Waals surface area contributed by atoms with Crippen LogP contribution in [0, 0.1) is 17.8 Å². The lowest BCUT2D eigenvalue weighted by atomic mass is 9.83. The van der Waals surface area contributed by atoms with Crippen molar-refractivity contribution in [2.24, 2.45) is 17.8 Å². The number of aliphatic hydroxyl groups excluding tert-OH is 1. The van der Waals surface area contributed by atoms with Gasteiger partial charge in [0, 0.05) is 30.5 Å². The van der Waals surface area contributed by atoms with Crippen LogP contribution in [0.5, 0.6) is 5.75 Å². The summed E-state index contributed by atoms with van der Waals surface area (Å²) in [4.78, 5) is 38.8. The standard InChI is InChI=1S/C30H43N3O5/c1-19(2)14-30(28(36)38-18-20(3)4)15-22(17-34)26(24-16-31-11-12-32-24)33(30)27(35)21-9-10-23(29(5,6)7)25(13-21)37-8/h9-13,16,19-20,22,26,34H,14-15,17-18H2,1-8H3. The minimum absolute atomic E-state index is 0.0784. The van der Waals surface area contributed by atoms with E-state index in [1.807, 2.05) is 33.8 Å². The van der Waals surface area contributed by atoms with Gasteiger partial charge in [0.2, 0.25) is 0 Å². The number of methoxy groups -OCH3 is 1. The van der Waals surface area contributed by atoms with Crippen LogP contribution in [0.1, 0.15) is 89.0 Å². The number of aromatic nitrogens is 2. The molecule has 1 aliphatic rings. The maximum absolute atomic E-state index is 14.5. The van der Waals surface area contributed by atoms with Crippen LogP contribution in [0.3, 0.4) is 0 Å². The summed E-state index contributed by atoms with van der Waals surface area (Å²) >= 11 is 0. The van der Waals surface area contributed by atoms with Crippen molar-refractivity contribution in [2.45, 2.75) is 78.3 Å². The SMILES string of the molecule is COc1cc(C(=O)N2C(c3cnccn3)C(CO)CC2(CC(C)C)C(=O)OCC(C)C)ccc1C(C)(C)C. The lowest BCUT2D eigenvalue weighted by Gasteiger charge is -2.40. The van der Waals surface area contributed by atoms with Gasteiger partial charge in [0.05, 0.1) is 31.6 Å². The van der Waals surface area contributed by atoms with Crippen LogP contribution < -0.4 is 4.74 Å². The van der Waals surface area contributed by atoms with Crippen LogP contribution in [-0.4, -0.2) is 57.7 Å². The van der Waals surface area contributed by atoms with E-state index in [0.29, 0.717) is 23.4 Å². The van der Waals surface area contributed by atoms with E-state index in [1.165, 1.54) is 0 Å². The molecule has 1 aromatic carbocycles. The second-order valence-electron chi connectivity index (χ2n) is 12.2. The maximum Gasteiger partial charge on any atom is 0.332 e. The van der Waals surface area contributed by atoms with Crippen molar-refractivity contribution in [3.63, 3.8) is 0 Å². The molecule has 1 saturated heterocycles. The molecule has 2 aromatic rings. The third-order valence-electron chi connectivity index (χ3n) is 7.06. The largest absolute Gasteiger partial charge is 0.496 e. The predicted molar refractivity (Wildman–Crippen MR) is 146 cm³/mol. The molecular formula is C30H43N3O5. The van der Waals surface area contributed by atoms with Gasteiger partial charge < -0.3 is 19.5 Å². The first-order chi connectivity index (χ1) is 17.9. The molecule has 1 amide bonds. The van der Waals surface area contributed by atoms with Crippen molar-refractivity contribution in [1.29, 1.82) is 0 Å². The normalized spacial score (nSPS) is 21.7. The number of aliphatic hydroxyl groups is 1. The molecule has 38 heavy (non-hydrogen) atoms. The molecule has 1 N–H and O–H groups in total. The van der Waals surface area contributed by atoms with E-state index in [9.17, 15) is 14.7 Å². The minimum Gasteiger partial charge on any atom is -0.496 e. The fraction of sp³-hybridized carbons (Fsp3) is 0.600. The van der Waals surface area contributed by atoms with Gasteiger partial charge >= 0.3 is 5.97 Å². The van der Waals surface area contributed by atoms with Crippen LogP contribution in [0.15, 0.2) is 36.8 Å². The van der Waals surface area contributed by atoms with Crippen molar-refractivity contribution in [1.82, 2.24) is 14.9 Å². The fourth-order valence-corrected chi connectivity index (χ4v) is 5.52. The number of rotatable bonds is 9. The Morgan fingerprint density at radius 3 is 2.39 bits per heavy atom. The zero-order chi connectivity index (χ0) is 28.3. The maximum atomic E-state index is 14.5. The zero-order valence-corrected chi connectivity index (χ0v) is 24.0. The molecule has 0 saturated carbocycles. The number of nitrogens with zero attached hydrogens (tertiary/aromatic N) is 3. The number of hydrogen-bond donors (Lipinski definition) is 1. The average Bonchev–Trinajstić information content (AvgIpc) is 3.20. The molecule has 1 aliphatic heterocycles. The van der Waals surface area contributed by atoms with E-state index < -0.39 is 23.5 Å². The molecule has 8 nitrogen and oxygen atoms in total. The topological polar surface area (TPSA) is 102 Å². The summed E-state index contributed by atoms with van der Waals surface area (Å²) in [5.41, 5.74) is 0.437. The minimum atomic E-state index is -1.27. The lowest BCUT2D eigenvalue weighted by molar-refractivity contribution is -0.158. The summed E-state index contributed by atoms with van der Waals surface area (Å²) in [6.45, 7) is 14.3. The van der Waals surface area contributed by atoms with Gasteiger partial charge in [-0.15, -0.1) is 0 Å². The van der Waals surface area contributed by atoms with E-state index in [4.69, 9.17) is 9.47 Å². The van der Waals surface area contributed by atoms with Crippen LogP contribution in [0.2, 0.25) is 0 Å². The van der Waals surface area contributed by atoms with Gasteiger partial charge in [0.1, 0.15) is 11.3 Å². The number of ether oxygens (including phenoxy) is 2. The second-order valence-corrected chi connectivity index (χ2v) is 12.2. The Morgan fingerprint density at radius 2 is 1.87 bits per heavy atom.